The lowest BCUT2D eigenvalue weighted by atomic mass is 10.1. The smallest absolute Gasteiger partial charge is 0.326 e. The van der Waals surface area contributed by atoms with Crippen LogP contribution in [0.4, 0.5) is 11.4 Å². The van der Waals surface area contributed by atoms with Gasteiger partial charge in [0.05, 0.1) is 11.8 Å². The molecule has 1 aromatic rings. The van der Waals surface area contributed by atoms with Crippen molar-refractivity contribution < 1.29 is 19.1 Å². The average molecular weight is 278 g/mol. The fraction of sp³-hybridized carbons (Fsp3) is 0.429. The molecule has 0 saturated heterocycles. The lowest BCUT2D eigenvalue weighted by molar-refractivity contribution is -0.146. The van der Waals surface area contributed by atoms with Gasteiger partial charge in [-0.05, 0) is 32.9 Å². The SMILES string of the molecule is CC(C)OC(=O)CN1C(=O)C(C)Oc2cc(N)ccc21. The van der Waals surface area contributed by atoms with Gasteiger partial charge in [-0.15, -0.1) is 0 Å². The highest BCUT2D eigenvalue weighted by Gasteiger charge is 2.33. The Morgan fingerprint density at radius 2 is 2.20 bits per heavy atom. The standard InChI is InChI=1S/C14H18N2O4/c1-8(2)19-13(17)7-16-11-5-4-10(15)6-12(11)20-9(3)14(16)18/h4-6,8-9H,7,15H2,1-3H3. The third-order valence-corrected chi connectivity index (χ3v) is 2.85. The summed E-state index contributed by atoms with van der Waals surface area (Å²) < 4.78 is 10.6. The van der Waals surface area contributed by atoms with Gasteiger partial charge in [-0.1, -0.05) is 0 Å². The van der Waals surface area contributed by atoms with E-state index in [0.29, 0.717) is 17.1 Å². The average Bonchev–Trinajstić information content (AvgIpc) is 2.33. The summed E-state index contributed by atoms with van der Waals surface area (Å²) in [7, 11) is 0. The van der Waals surface area contributed by atoms with Gasteiger partial charge in [-0.2, -0.15) is 0 Å². The summed E-state index contributed by atoms with van der Waals surface area (Å²) in [5.41, 5.74) is 6.77. The van der Waals surface area contributed by atoms with E-state index in [2.05, 4.69) is 0 Å². The predicted molar refractivity (Wildman–Crippen MR) is 74.5 cm³/mol. The van der Waals surface area contributed by atoms with E-state index < -0.39 is 12.1 Å². The van der Waals surface area contributed by atoms with Crippen molar-refractivity contribution in [2.24, 2.45) is 0 Å². The molecule has 1 unspecified atom stereocenters. The highest BCUT2D eigenvalue weighted by molar-refractivity contribution is 6.03. The monoisotopic (exact) mass is 278 g/mol. The number of benzene rings is 1. The molecule has 1 heterocycles. The number of hydrogen-bond acceptors (Lipinski definition) is 5. The zero-order chi connectivity index (χ0) is 14.9. The van der Waals surface area contributed by atoms with Crippen molar-refractivity contribution in [1.82, 2.24) is 0 Å². The van der Waals surface area contributed by atoms with E-state index in [0.717, 1.165) is 0 Å². The first-order chi connectivity index (χ1) is 9.38. The molecule has 1 aliphatic heterocycles. The van der Waals surface area contributed by atoms with Gasteiger partial charge in [0.1, 0.15) is 12.3 Å². The second-order valence-corrected chi connectivity index (χ2v) is 4.95. The molecule has 0 saturated carbocycles. The quantitative estimate of drug-likeness (QED) is 0.666. The van der Waals surface area contributed by atoms with Crippen LogP contribution in [0, 0.1) is 0 Å². The molecule has 108 valence electrons. The zero-order valence-electron chi connectivity index (χ0n) is 11.8. The Kier molecular flexibility index (Phi) is 3.83. The minimum Gasteiger partial charge on any atom is -0.479 e. The number of rotatable bonds is 3. The topological polar surface area (TPSA) is 81.9 Å². The lowest BCUT2D eigenvalue weighted by Gasteiger charge is -2.32. The number of carbonyl (C=O) groups is 2. The molecule has 0 aliphatic carbocycles. The van der Waals surface area contributed by atoms with E-state index in [9.17, 15) is 9.59 Å². The molecule has 20 heavy (non-hydrogen) atoms. The summed E-state index contributed by atoms with van der Waals surface area (Å²) in [6, 6.07) is 4.96. The van der Waals surface area contributed by atoms with Crippen LogP contribution in [0.5, 0.6) is 5.75 Å². The van der Waals surface area contributed by atoms with Crippen molar-refractivity contribution in [1.29, 1.82) is 0 Å². The van der Waals surface area contributed by atoms with E-state index >= 15 is 0 Å². The van der Waals surface area contributed by atoms with Gasteiger partial charge >= 0.3 is 5.97 Å². The Labute approximate surface area is 117 Å². The van der Waals surface area contributed by atoms with E-state index in [1.54, 1.807) is 39.0 Å². The number of nitrogen functional groups attached to an aromatic ring is 1. The zero-order valence-corrected chi connectivity index (χ0v) is 11.8. The van der Waals surface area contributed by atoms with Gasteiger partial charge in [0.15, 0.2) is 6.10 Å². The first kappa shape index (κ1) is 14.2. The van der Waals surface area contributed by atoms with Crippen molar-refractivity contribution in [2.45, 2.75) is 33.0 Å². The van der Waals surface area contributed by atoms with Crippen molar-refractivity contribution in [2.75, 3.05) is 17.2 Å². The fourth-order valence-corrected chi connectivity index (χ4v) is 2.02. The van der Waals surface area contributed by atoms with E-state index in [4.69, 9.17) is 15.2 Å². The number of nitrogens with zero attached hydrogens (tertiary/aromatic N) is 1. The van der Waals surface area contributed by atoms with Crippen molar-refractivity contribution >= 4 is 23.3 Å². The summed E-state index contributed by atoms with van der Waals surface area (Å²) in [6.07, 6.45) is -0.877. The van der Waals surface area contributed by atoms with Gasteiger partial charge in [-0.25, -0.2) is 0 Å². The van der Waals surface area contributed by atoms with Gasteiger partial charge in [-0.3, -0.25) is 14.5 Å². The normalized spacial score (nSPS) is 17.7. The van der Waals surface area contributed by atoms with Crippen LogP contribution in [0.1, 0.15) is 20.8 Å². The predicted octanol–water partition coefficient (Wildman–Crippen LogP) is 1.33. The van der Waals surface area contributed by atoms with Gasteiger partial charge in [0, 0.05) is 11.8 Å². The molecular formula is C14H18N2O4. The first-order valence-electron chi connectivity index (χ1n) is 6.45. The molecule has 2 rings (SSSR count). The number of fused-ring (bicyclic) bond motifs is 1. The molecule has 0 fully saturated rings. The number of carbonyl (C=O) groups excluding carboxylic acids is 2. The molecule has 2 N–H and O–H groups in total. The van der Waals surface area contributed by atoms with Crippen LogP contribution in [-0.2, 0) is 14.3 Å². The third kappa shape index (κ3) is 2.84. The Morgan fingerprint density at radius 3 is 2.85 bits per heavy atom. The molecule has 1 atom stereocenters. The lowest BCUT2D eigenvalue weighted by Crippen LogP contribution is -2.47. The highest BCUT2D eigenvalue weighted by Crippen LogP contribution is 2.35. The molecule has 1 amide bonds. The molecule has 0 aromatic heterocycles. The fourth-order valence-electron chi connectivity index (χ4n) is 2.02. The van der Waals surface area contributed by atoms with Crippen molar-refractivity contribution in [3.05, 3.63) is 18.2 Å². The van der Waals surface area contributed by atoms with Gasteiger partial charge in [0.2, 0.25) is 0 Å². The van der Waals surface area contributed by atoms with Gasteiger partial charge in [0.25, 0.3) is 5.91 Å². The molecule has 1 aliphatic rings. The summed E-state index contributed by atoms with van der Waals surface area (Å²) in [6.45, 7) is 5.02. The van der Waals surface area contributed by atoms with E-state index in [1.807, 2.05) is 0 Å². The molecule has 0 bridgehead atoms. The number of ether oxygens (including phenoxy) is 2. The van der Waals surface area contributed by atoms with Crippen LogP contribution >= 0.6 is 0 Å². The summed E-state index contributed by atoms with van der Waals surface area (Å²) in [5.74, 6) is -0.234. The molecule has 6 heteroatoms. The van der Waals surface area contributed by atoms with E-state index in [-0.39, 0.29) is 18.6 Å². The second kappa shape index (κ2) is 5.40. The Bertz CT molecular complexity index is 542. The van der Waals surface area contributed by atoms with Crippen LogP contribution in [-0.4, -0.2) is 30.6 Å². The largest absolute Gasteiger partial charge is 0.479 e. The maximum absolute atomic E-state index is 12.2. The Balaban J connectivity index is 2.27. The second-order valence-electron chi connectivity index (χ2n) is 4.95. The van der Waals surface area contributed by atoms with Crippen molar-refractivity contribution in [3.8, 4) is 5.75 Å². The van der Waals surface area contributed by atoms with Crippen LogP contribution < -0.4 is 15.4 Å². The third-order valence-electron chi connectivity index (χ3n) is 2.85. The summed E-state index contributed by atoms with van der Waals surface area (Å²) >= 11 is 0. The summed E-state index contributed by atoms with van der Waals surface area (Å²) in [5, 5.41) is 0. The molecular weight excluding hydrogens is 260 g/mol. The maximum Gasteiger partial charge on any atom is 0.326 e. The molecule has 0 radical (unpaired) electrons. The van der Waals surface area contributed by atoms with Crippen molar-refractivity contribution in [3.63, 3.8) is 0 Å². The number of nitrogens with two attached hydrogens (primary N) is 1. The minimum absolute atomic E-state index is 0.137. The Hall–Kier alpha value is -2.24. The van der Waals surface area contributed by atoms with Crippen LogP contribution in [0.3, 0.4) is 0 Å². The number of anilines is 2. The molecule has 0 spiro atoms. The van der Waals surface area contributed by atoms with Crippen LogP contribution in [0.15, 0.2) is 18.2 Å². The highest BCUT2D eigenvalue weighted by atomic mass is 16.5. The first-order valence-corrected chi connectivity index (χ1v) is 6.45. The van der Waals surface area contributed by atoms with Gasteiger partial charge < -0.3 is 15.2 Å². The Morgan fingerprint density at radius 1 is 1.50 bits per heavy atom. The molecule has 1 aromatic carbocycles. The number of hydrogen-bond donors (Lipinski definition) is 1. The van der Waals surface area contributed by atoms with Crippen LogP contribution in [0.25, 0.3) is 0 Å². The summed E-state index contributed by atoms with van der Waals surface area (Å²) in [4.78, 5) is 25.3. The van der Waals surface area contributed by atoms with Crippen LogP contribution in [0.2, 0.25) is 0 Å². The number of esters is 1. The number of amides is 1. The molecule has 6 nitrogen and oxygen atoms in total. The van der Waals surface area contributed by atoms with E-state index in [1.165, 1.54) is 4.90 Å². The minimum atomic E-state index is -0.656. The maximum atomic E-state index is 12.2.